The fourth-order valence-electron chi connectivity index (χ4n) is 2.56. The van der Waals surface area contributed by atoms with Crippen LogP contribution < -0.4 is 0 Å². The van der Waals surface area contributed by atoms with E-state index < -0.39 is 0 Å². The number of methoxy groups -OCH3 is 1. The van der Waals surface area contributed by atoms with Crippen molar-refractivity contribution in [3.63, 3.8) is 0 Å². The number of ether oxygens (including phenoxy) is 1. The van der Waals surface area contributed by atoms with Crippen molar-refractivity contribution < 1.29 is 9.84 Å². The van der Waals surface area contributed by atoms with Crippen molar-refractivity contribution in [3.05, 3.63) is 16.1 Å². The van der Waals surface area contributed by atoms with Gasteiger partial charge in [-0.05, 0) is 25.2 Å². The molecule has 3 nitrogen and oxygen atoms in total. The van der Waals surface area contributed by atoms with E-state index in [0.717, 1.165) is 22.7 Å². The van der Waals surface area contributed by atoms with Crippen molar-refractivity contribution in [2.24, 2.45) is 5.92 Å². The molecule has 0 aromatic carbocycles. The Labute approximate surface area is 100 Å². The van der Waals surface area contributed by atoms with Crippen LogP contribution >= 0.6 is 11.3 Å². The van der Waals surface area contributed by atoms with Crippen LogP contribution in [0, 0.1) is 5.92 Å². The van der Waals surface area contributed by atoms with Crippen molar-refractivity contribution in [3.8, 4) is 0 Å². The van der Waals surface area contributed by atoms with Crippen LogP contribution in [-0.2, 0) is 16.9 Å². The van der Waals surface area contributed by atoms with E-state index in [0.29, 0.717) is 5.92 Å². The Kier molecular flexibility index (Phi) is 3.62. The molecule has 1 heterocycles. The second-order valence-corrected chi connectivity index (χ2v) is 5.80. The maximum absolute atomic E-state index is 9.09. The monoisotopic (exact) mass is 241 g/mol. The Morgan fingerprint density at radius 1 is 1.69 bits per heavy atom. The fraction of sp³-hybridized carbons (Fsp3) is 0.750. The largest absolute Gasteiger partial charge is 0.391 e. The van der Waals surface area contributed by atoms with Crippen LogP contribution in [0.4, 0.5) is 0 Å². The molecule has 90 valence electrons. The first-order valence-corrected chi connectivity index (χ1v) is 6.63. The van der Waals surface area contributed by atoms with Gasteiger partial charge in [0, 0.05) is 13.3 Å². The van der Waals surface area contributed by atoms with Gasteiger partial charge in [-0.3, -0.25) is 0 Å². The molecule has 2 atom stereocenters. The number of nitrogens with zero attached hydrogens (tertiary/aromatic N) is 1. The van der Waals surface area contributed by atoms with Crippen molar-refractivity contribution >= 4 is 11.3 Å². The predicted molar refractivity (Wildman–Crippen MR) is 64.4 cm³/mol. The van der Waals surface area contributed by atoms with Crippen molar-refractivity contribution in [1.29, 1.82) is 0 Å². The van der Waals surface area contributed by atoms with Gasteiger partial charge < -0.3 is 9.84 Å². The number of aliphatic hydroxyl groups is 1. The Balaban J connectivity index is 2.25. The zero-order chi connectivity index (χ0) is 11.6. The molecular weight excluding hydrogens is 222 g/mol. The highest BCUT2D eigenvalue weighted by Gasteiger charge is 2.39. The zero-order valence-corrected chi connectivity index (χ0v) is 10.7. The topological polar surface area (TPSA) is 42.4 Å². The van der Waals surface area contributed by atoms with E-state index in [4.69, 9.17) is 9.84 Å². The number of aromatic nitrogens is 1. The van der Waals surface area contributed by atoms with Gasteiger partial charge in [-0.15, -0.1) is 11.3 Å². The van der Waals surface area contributed by atoms with Gasteiger partial charge in [0.2, 0.25) is 0 Å². The molecule has 0 spiro atoms. The molecule has 4 heteroatoms. The summed E-state index contributed by atoms with van der Waals surface area (Å²) >= 11 is 1.58. The van der Waals surface area contributed by atoms with Crippen molar-refractivity contribution in [2.75, 3.05) is 7.11 Å². The van der Waals surface area contributed by atoms with E-state index in [-0.39, 0.29) is 12.2 Å². The normalized spacial score (nSPS) is 30.6. The summed E-state index contributed by atoms with van der Waals surface area (Å²) in [5.74, 6) is 0.690. The molecule has 16 heavy (non-hydrogen) atoms. The molecule has 1 aromatic heterocycles. The highest BCUT2D eigenvalue weighted by atomic mass is 32.1. The second kappa shape index (κ2) is 4.82. The number of aliphatic hydroxyl groups excluding tert-OH is 1. The van der Waals surface area contributed by atoms with E-state index in [9.17, 15) is 0 Å². The third-order valence-electron chi connectivity index (χ3n) is 3.45. The lowest BCUT2D eigenvalue weighted by molar-refractivity contribution is -0.0580. The molecular formula is C12H19NO2S. The lowest BCUT2D eigenvalue weighted by Gasteiger charge is -2.37. The van der Waals surface area contributed by atoms with Crippen LogP contribution in [0.2, 0.25) is 0 Å². The van der Waals surface area contributed by atoms with Crippen molar-refractivity contribution in [2.45, 2.75) is 44.8 Å². The molecule has 2 rings (SSSR count). The molecule has 1 aromatic rings. The average Bonchev–Trinajstić information content (AvgIpc) is 2.78. The second-order valence-electron chi connectivity index (χ2n) is 4.69. The molecule has 1 N–H and O–H groups in total. The first-order valence-electron chi connectivity index (χ1n) is 5.81. The van der Waals surface area contributed by atoms with Crippen LogP contribution in [-0.4, -0.2) is 17.2 Å². The highest BCUT2D eigenvalue weighted by Crippen LogP contribution is 2.43. The van der Waals surface area contributed by atoms with Crippen LogP contribution in [0.3, 0.4) is 0 Å². The predicted octanol–water partition coefficient (Wildman–Crippen LogP) is 2.69. The van der Waals surface area contributed by atoms with Gasteiger partial charge in [-0.1, -0.05) is 13.3 Å². The molecule has 2 unspecified atom stereocenters. The first-order chi connectivity index (χ1) is 7.70. The van der Waals surface area contributed by atoms with Crippen LogP contribution in [0.25, 0.3) is 0 Å². The molecule has 1 aliphatic carbocycles. The summed E-state index contributed by atoms with van der Waals surface area (Å²) in [5, 5.41) is 10.1. The lowest BCUT2D eigenvalue weighted by Crippen LogP contribution is -2.34. The summed E-state index contributed by atoms with van der Waals surface area (Å²) in [5.41, 5.74) is -0.199. The third kappa shape index (κ3) is 2.14. The Morgan fingerprint density at radius 2 is 2.50 bits per heavy atom. The average molecular weight is 241 g/mol. The maximum Gasteiger partial charge on any atom is 0.125 e. The van der Waals surface area contributed by atoms with Gasteiger partial charge in [0.25, 0.3) is 0 Å². The summed E-state index contributed by atoms with van der Waals surface area (Å²) in [4.78, 5) is 5.34. The minimum Gasteiger partial charge on any atom is -0.391 e. The van der Waals surface area contributed by atoms with Crippen molar-refractivity contribution in [1.82, 2.24) is 4.98 Å². The van der Waals surface area contributed by atoms with Crippen LogP contribution in [0.1, 0.15) is 42.5 Å². The molecule has 1 saturated carbocycles. The van der Waals surface area contributed by atoms with Gasteiger partial charge in [-0.25, -0.2) is 4.98 Å². The molecule has 1 aliphatic rings. The number of hydrogen-bond donors (Lipinski definition) is 1. The summed E-state index contributed by atoms with van der Waals surface area (Å²) < 4.78 is 5.76. The first kappa shape index (κ1) is 12.0. The zero-order valence-electron chi connectivity index (χ0n) is 9.90. The summed E-state index contributed by atoms with van der Waals surface area (Å²) in [6.45, 7) is 2.35. The van der Waals surface area contributed by atoms with Gasteiger partial charge in [0.15, 0.2) is 0 Å². The SMILES string of the molecule is COC1(c2ncc(CO)s2)CCCC(C)C1. The smallest absolute Gasteiger partial charge is 0.125 e. The Hall–Kier alpha value is -0.450. The Morgan fingerprint density at radius 3 is 3.06 bits per heavy atom. The number of hydrogen-bond acceptors (Lipinski definition) is 4. The quantitative estimate of drug-likeness (QED) is 0.884. The van der Waals surface area contributed by atoms with E-state index in [1.54, 1.807) is 24.6 Å². The van der Waals surface area contributed by atoms with E-state index >= 15 is 0 Å². The molecule has 0 aliphatic heterocycles. The van der Waals surface area contributed by atoms with Gasteiger partial charge in [0.1, 0.15) is 10.6 Å². The Bertz CT molecular complexity index is 353. The molecule has 0 saturated heterocycles. The van der Waals surface area contributed by atoms with Gasteiger partial charge in [0.05, 0.1) is 11.5 Å². The van der Waals surface area contributed by atoms with Crippen LogP contribution in [0.5, 0.6) is 0 Å². The maximum atomic E-state index is 9.09. The highest BCUT2D eigenvalue weighted by molar-refractivity contribution is 7.11. The molecule has 0 amide bonds. The van der Waals surface area contributed by atoms with Gasteiger partial charge >= 0.3 is 0 Å². The summed E-state index contributed by atoms with van der Waals surface area (Å²) in [6.07, 6.45) is 6.33. The van der Waals surface area contributed by atoms with Gasteiger partial charge in [-0.2, -0.15) is 0 Å². The standard InChI is InChI=1S/C12H19NO2S/c1-9-4-3-5-12(6-9,15-2)11-13-7-10(8-14)16-11/h7,9,14H,3-6,8H2,1-2H3. The van der Waals surface area contributed by atoms with E-state index in [1.807, 2.05) is 0 Å². The van der Waals surface area contributed by atoms with E-state index in [2.05, 4.69) is 11.9 Å². The molecule has 0 radical (unpaired) electrons. The fourth-order valence-corrected chi connectivity index (χ4v) is 3.54. The molecule has 1 fully saturated rings. The summed E-state index contributed by atoms with van der Waals surface area (Å²) in [7, 11) is 1.78. The summed E-state index contributed by atoms with van der Waals surface area (Å²) in [6, 6.07) is 0. The number of rotatable bonds is 3. The minimum absolute atomic E-state index is 0.0764. The van der Waals surface area contributed by atoms with E-state index in [1.165, 1.54) is 12.8 Å². The lowest BCUT2D eigenvalue weighted by atomic mass is 9.79. The van der Waals surface area contributed by atoms with Crippen LogP contribution in [0.15, 0.2) is 6.20 Å². The number of thiazole rings is 1. The third-order valence-corrected chi connectivity index (χ3v) is 4.61. The molecule has 0 bridgehead atoms. The minimum atomic E-state index is -0.199.